The van der Waals surface area contributed by atoms with E-state index in [1.165, 1.54) is 25.3 Å². The standard InChI is InChI=1S/C15H13F2NO3/c1-20-15(19)12-7-11(18)3-5-14(12)21-8-9-6-10(16)2-4-13(9)17/h2-7H,8,18H2,1H3. The van der Waals surface area contributed by atoms with Crippen LogP contribution in [0.15, 0.2) is 36.4 Å². The summed E-state index contributed by atoms with van der Waals surface area (Å²) in [4.78, 5) is 11.6. The summed E-state index contributed by atoms with van der Waals surface area (Å²) in [7, 11) is 1.22. The third-order valence-electron chi connectivity index (χ3n) is 2.80. The third kappa shape index (κ3) is 3.47. The number of benzene rings is 2. The molecule has 4 nitrogen and oxygen atoms in total. The predicted molar refractivity (Wildman–Crippen MR) is 72.9 cm³/mol. The summed E-state index contributed by atoms with van der Waals surface area (Å²) in [6, 6.07) is 7.45. The lowest BCUT2D eigenvalue weighted by atomic mass is 10.1. The summed E-state index contributed by atoms with van der Waals surface area (Å²) in [6.45, 7) is -0.225. The highest BCUT2D eigenvalue weighted by Crippen LogP contribution is 2.24. The first-order chi connectivity index (χ1) is 10.0. The maximum absolute atomic E-state index is 13.5. The van der Waals surface area contributed by atoms with Crippen LogP contribution in [0.2, 0.25) is 0 Å². The average Bonchev–Trinajstić information content (AvgIpc) is 2.48. The predicted octanol–water partition coefficient (Wildman–Crippen LogP) is 2.91. The molecular weight excluding hydrogens is 280 g/mol. The molecule has 2 N–H and O–H groups in total. The van der Waals surface area contributed by atoms with E-state index in [9.17, 15) is 13.6 Å². The van der Waals surface area contributed by atoms with Gasteiger partial charge >= 0.3 is 5.97 Å². The molecule has 0 aromatic heterocycles. The molecule has 0 aliphatic heterocycles. The van der Waals surface area contributed by atoms with Crippen molar-refractivity contribution in [3.8, 4) is 5.75 Å². The molecule has 2 aromatic rings. The van der Waals surface area contributed by atoms with Crippen LogP contribution in [-0.4, -0.2) is 13.1 Å². The van der Waals surface area contributed by atoms with Crippen molar-refractivity contribution in [1.29, 1.82) is 0 Å². The van der Waals surface area contributed by atoms with E-state index in [-0.39, 0.29) is 23.5 Å². The molecule has 0 radical (unpaired) electrons. The van der Waals surface area contributed by atoms with E-state index >= 15 is 0 Å². The molecule has 0 unspecified atom stereocenters. The molecule has 0 aliphatic rings. The van der Waals surface area contributed by atoms with Gasteiger partial charge < -0.3 is 15.2 Å². The number of methoxy groups -OCH3 is 1. The van der Waals surface area contributed by atoms with Crippen LogP contribution in [0.1, 0.15) is 15.9 Å². The van der Waals surface area contributed by atoms with Gasteiger partial charge in [-0.2, -0.15) is 0 Å². The first-order valence-electron chi connectivity index (χ1n) is 6.06. The first kappa shape index (κ1) is 14.8. The molecule has 0 aliphatic carbocycles. The number of ether oxygens (including phenoxy) is 2. The van der Waals surface area contributed by atoms with E-state index in [1.807, 2.05) is 0 Å². The van der Waals surface area contributed by atoms with E-state index in [1.54, 1.807) is 0 Å². The number of nitrogen functional groups attached to an aromatic ring is 1. The van der Waals surface area contributed by atoms with Gasteiger partial charge in [-0.3, -0.25) is 0 Å². The molecule has 21 heavy (non-hydrogen) atoms. The van der Waals surface area contributed by atoms with Gasteiger partial charge in [0, 0.05) is 11.3 Å². The Morgan fingerprint density at radius 3 is 2.67 bits per heavy atom. The second-order valence-electron chi connectivity index (χ2n) is 4.27. The van der Waals surface area contributed by atoms with Gasteiger partial charge in [-0.15, -0.1) is 0 Å². The Labute approximate surface area is 120 Å². The molecule has 0 amide bonds. The van der Waals surface area contributed by atoms with Crippen molar-refractivity contribution >= 4 is 11.7 Å². The van der Waals surface area contributed by atoms with Crippen LogP contribution in [0.25, 0.3) is 0 Å². The van der Waals surface area contributed by atoms with Gasteiger partial charge in [0.1, 0.15) is 29.6 Å². The van der Waals surface area contributed by atoms with Gasteiger partial charge in [0.25, 0.3) is 0 Å². The summed E-state index contributed by atoms with van der Waals surface area (Å²) in [6.07, 6.45) is 0. The van der Waals surface area contributed by atoms with Crippen molar-refractivity contribution in [2.45, 2.75) is 6.61 Å². The Morgan fingerprint density at radius 2 is 1.95 bits per heavy atom. The van der Waals surface area contributed by atoms with Crippen LogP contribution in [0.3, 0.4) is 0 Å². The Hall–Kier alpha value is -2.63. The lowest BCUT2D eigenvalue weighted by molar-refractivity contribution is 0.0595. The molecule has 110 valence electrons. The van der Waals surface area contributed by atoms with Crippen molar-refractivity contribution in [3.63, 3.8) is 0 Å². The zero-order valence-electron chi connectivity index (χ0n) is 11.2. The zero-order chi connectivity index (χ0) is 15.4. The summed E-state index contributed by atoms with van der Waals surface area (Å²) < 4.78 is 36.6. The highest BCUT2D eigenvalue weighted by molar-refractivity contribution is 5.93. The molecule has 2 rings (SSSR count). The van der Waals surface area contributed by atoms with Gasteiger partial charge in [0.2, 0.25) is 0 Å². The Balaban J connectivity index is 2.24. The maximum Gasteiger partial charge on any atom is 0.341 e. The van der Waals surface area contributed by atoms with Crippen molar-refractivity contribution in [3.05, 3.63) is 59.2 Å². The fourth-order valence-electron chi connectivity index (χ4n) is 1.75. The number of anilines is 1. The third-order valence-corrected chi connectivity index (χ3v) is 2.80. The number of carbonyl (C=O) groups excluding carboxylic acids is 1. The number of nitrogens with two attached hydrogens (primary N) is 1. The van der Waals surface area contributed by atoms with Gasteiger partial charge in [-0.05, 0) is 36.4 Å². The van der Waals surface area contributed by atoms with Crippen molar-refractivity contribution in [1.82, 2.24) is 0 Å². The molecule has 0 saturated heterocycles. The second kappa shape index (κ2) is 6.21. The minimum Gasteiger partial charge on any atom is -0.488 e. The first-order valence-corrected chi connectivity index (χ1v) is 6.06. The highest BCUT2D eigenvalue weighted by atomic mass is 19.1. The molecule has 0 fully saturated rings. The van der Waals surface area contributed by atoms with Gasteiger partial charge in [-0.25, -0.2) is 13.6 Å². The van der Waals surface area contributed by atoms with E-state index in [2.05, 4.69) is 4.74 Å². The Kier molecular flexibility index (Phi) is 4.37. The zero-order valence-corrected chi connectivity index (χ0v) is 11.2. The van der Waals surface area contributed by atoms with E-state index in [0.717, 1.165) is 18.2 Å². The van der Waals surface area contributed by atoms with Crippen molar-refractivity contribution in [2.75, 3.05) is 12.8 Å². The second-order valence-corrected chi connectivity index (χ2v) is 4.27. The molecule has 2 aromatic carbocycles. The lowest BCUT2D eigenvalue weighted by Crippen LogP contribution is -2.07. The molecular formula is C15H13F2NO3. The van der Waals surface area contributed by atoms with Crippen molar-refractivity contribution in [2.24, 2.45) is 0 Å². The summed E-state index contributed by atoms with van der Waals surface area (Å²) in [5.74, 6) is -1.61. The molecule has 0 heterocycles. The summed E-state index contributed by atoms with van der Waals surface area (Å²) >= 11 is 0. The molecule has 6 heteroatoms. The molecule has 0 saturated carbocycles. The van der Waals surface area contributed by atoms with Crippen LogP contribution in [0.5, 0.6) is 5.75 Å². The van der Waals surface area contributed by atoms with Crippen LogP contribution in [0.4, 0.5) is 14.5 Å². The van der Waals surface area contributed by atoms with Crippen LogP contribution in [0, 0.1) is 11.6 Å². The lowest BCUT2D eigenvalue weighted by Gasteiger charge is -2.11. The minimum absolute atomic E-state index is 0.0441. The van der Waals surface area contributed by atoms with Gasteiger partial charge in [0.15, 0.2) is 0 Å². The Bertz CT molecular complexity index is 674. The van der Waals surface area contributed by atoms with Gasteiger partial charge in [-0.1, -0.05) is 0 Å². The van der Waals surface area contributed by atoms with E-state index in [4.69, 9.17) is 10.5 Å². The van der Waals surface area contributed by atoms with Crippen LogP contribution < -0.4 is 10.5 Å². The van der Waals surface area contributed by atoms with Gasteiger partial charge in [0.05, 0.1) is 7.11 Å². The molecule has 0 spiro atoms. The van der Waals surface area contributed by atoms with Crippen LogP contribution in [-0.2, 0) is 11.3 Å². The fourth-order valence-corrected chi connectivity index (χ4v) is 1.75. The largest absolute Gasteiger partial charge is 0.488 e. The summed E-state index contributed by atoms with van der Waals surface area (Å²) in [5, 5.41) is 0. The fraction of sp³-hybridized carbons (Fsp3) is 0.133. The number of halogens is 2. The van der Waals surface area contributed by atoms with E-state index in [0.29, 0.717) is 5.69 Å². The van der Waals surface area contributed by atoms with E-state index < -0.39 is 17.6 Å². The Morgan fingerprint density at radius 1 is 1.19 bits per heavy atom. The topological polar surface area (TPSA) is 61.5 Å². The summed E-state index contributed by atoms with van der Waals surface area (Å²) in [5.41, 5.74) is 6.12. The number of carbonyl (C=O) groups is 1. The number of hydrogen-bond acceptors (Lipinski definition) is 4. The molecule has 0 bridgehead atoms. The number of esters is 1. The smallest absolute Gasteiger partial charge is 0.341 e. The average molecular weight is 293 g/mol. The number of hydrogen-bond donors (Lipinski definition) is 1. The highest BCUT2D eigenvalue weighted by Gasteiger charge is 2.14. The maximum atomic E-state index is 13.5. The number of rotatable bonds is 4. The molecule has 0 atom stereocenters. The quantitative estimate of drug-likeness (QED) is 0.695. The van der Waals surface area contributed by atoms with Crippen LogP contribution >= 0.6 is 0 Å². The van der Waals surface area contributed by atoms with Crippen molar-refractivity contribution < 1.29 is 23.0 Å². The normalized spacial score (nSPS) is 10.2. The SMILES string of the molecule is COC(=O)c1cc(N)ccc1OCc1cc(F)ccc1F. The minimum atomic E-state index is -0.628. The monoisotopic (exact) mass is 293 g/mol.